The van der Waals surface area contributed by atoms with Crippen LogP contribution in [0.15, 0.2) is 72.8 Å². The summed E-state index contributed by atoms with van der Waals surface area (Å²) in [4.78, 5) is 36.1. The second kappa shape index (κ2) is 11.0. The van der Waals surface area contributed by atoms with Gasteiger partial charge in [-0.2, -0.15) is 0 Å². The van der Waals surface area contributed by atoms with Gasteiger partial charge in [0.05, 0.1) is 13.1 Å². The molecular weight excluding hydrogens is 537 g/mol. The molecule has 1 aromatic heterocycles. The fraction of sp³-hybridized carbons (Fsp3) is 0.200. The first-order chi connectivity index (χ1) is 19.6. The molecule has 0 fully saturated rings. The molecule has 0 radical (unpaired) electrons. The minimum atomic E-state index is -1.72. The first-order valence-corrected chi connectivity index (χ1v) is 12.7. The van der Waals surface area contributed by atoms with Crippen molar-refractivity contribution in [1.29, 1.82) is 0 Å². The Balaban J connectivity index is 1.73. The summed E-state index contributed by atoms with van der Waals surface area (Å²) in [6.45, 7) is 2.33. The van der Waals surface area contributed by atoms with Crippen molar-refractivity contribution in [3.63, 3.8) is 0 Å². The van der Waals surface area contributed by atoms with E-state index in [-0.39, 0.29) is 17.3 Å². The SMILES string of the molecule is Cc1cc(C)nc(OC(C(=O)O)C2(c3ccccc3)NCC(=O)N(Cc3c(F)ccc(F)c3F)c3ccccc32)n1. The summed E-state index contributed by atoms with van der Waals surface area (Å²) in [6, 6.07) is 17.8. The molecule has 0 spiro atoms. The summed E-state index contributed by atoms with van der Waals surface area (Å²) >= 11 is 0. The molecule has 210 valence electrons. The molecule has 41 heavy (non-hydrogen) atoms. The first-order valence-electron chi connectivity index (χ1n) is 12.7. The fourth-order valence-corrected chi connectivity index (χ4v) is 5.15. The van der Waals surface area contributed by atoms with E-state index in [0.29, 0.717) is 23.0 Å². The van der Waals surface area contributed by atoms with Crippen LogP contribution >= 0.6 is 0 Å². The third kappa shape index (κ3) is 5.11. The molecule has 8 nitrogen and oxygen atoms in total. The number of ether oxygens (including phenoxy) is 1. The Bertz CT molecular complexity index is 1620. The predicted octanol–water partition coefficient (Wildman–Crippen LogP) is 4.42. The molecule has 1 amide bonds. The number of carbonyl (C=O) groups is 2. The number of para-hydroxylation sites is 1. The Kier molecular flexibility index (Phi) is 7.46. The van der Waals surface area contributed by atoms with Gasteiger partial charge in [0.1, 0.15) is 11.4 Å². The molecule has 1 aliphatic heterocycles. The Morgan fingerprint density at radius 3 is 2.32 bits per heavy atom. The van der Waals surface area contributed by atoms with Gasteiger partial charge < -0.3 is 14.7 Å². The highest BCUT2D eigenvalue weighted by molar-refractivity contribution is 5.97. The van der Waals surface area contributed by atoms with Gasteiger partial charge in [0.25, 0.3) is 0 Å². The summed E-state index contributed by atoms with van der Waals surface area (Å²) in [5, 5.41) is 13.7. The van der Waals surface area contributed by atoms with E-state index in [1.54, 1.807) is 68.4 Å². The quantitative estimate of drug-likeness (QED) is 0.321. The molecule has 5 rings (SSSR count). The average molecular weight is 563 g/mol. The number of benzene rings is 3. The number of carbonyl (C=O) groups excluding carboxylic acids is 1. The summed E-state index contributed by atoms with van der Waals surface area (Å²) in [5.41, 5.74) is -0.386. The molecule has 2 unspecified atom stereocenters. The van der Waals surface area contributed by atoms with Crippen LogP contribution in [0.5, 0.6) is 6.01 Å². The Morgan fingerprint density at radius 1 is 1.00 bits per heavy atom. The summed E-state index contributed by atoms with van der Waals surface area (Å²) in [5.74, 6) is -5.73. The lowest BCUT2D eigenvalue weighted by Gasteiger charge is -2.39. The zero-order valence-electron chi connectivity index (χ0n) is 22.1. The third-order valence-electron chi connectivity index (χ3n) is 6.93. The van der Waals surface area contributed by atoms with Crippen LogP contribution in [0.3, 0.4) is 0 Å². The van der Waals surface area contributed by atoms with Gasteiger partial charge in [-0.3, -0.25) is 10.1 Å². The molecule has 0 bridgehead atoms. The number of carboxylic acids is 1. The topological polar surface area (TPSA) is 105 Å². The summed E-state index contributed by atoms with van der Waals surface area (Å²) < 4.78 is 49.4. The van der Waals surface area contributed by atoms with Crippen LogP contribution < -0.4 is 15.0 Å². The van der Waals surface area contributed by atoms with Gasteiger partial charge >= 0.3 is 12.0 Å². The Morgan fingerprint density at radius 2 is 1.63 bits per heavy atom. The molecule has 0 aliphatic carbocycles. The zero-order chi connectivity index (χ0) is 29.3. The second-order valence-corrected chi connectivity index (χ2v) is 9.62. The van der Waals surface area contributed by atoms with E-state index in [2.05, 4.69) is 15.3 Å². The number of aromatic nitrogens is 2. The smallest absolute Gasteiger partial charge is 0.347 e. The van der Waals surface area contributed by atoms with Gasteiger partial charge in [-0.1, -0.05) is 48.5 Å². The maximum Gasteiger partial charge on any atom is 0.347 e. The van der Waals surface area contributed by atoms with Crippen molar-refractivity contribution in [2.24, 2.45) is 0 Å². The normalized spacial score (nSPS) is 17.5. The first kappa shape index (κ1) is 27.8. The highest BCUT2D eigenvalue weighted by atomic mass is 19.2. The van der Waals surface area contributed by atoms with Gasteiger partial charge in [-0.05, 0) is 43.7 Å². The van der Waals surface area contributed by atoms with Crippen molar-refractivity contribution < 1.29 is 32.6 Å². The van der Waals surface area contributed by atoms with Crippen LogP contribution in [0.1, 0.15) is 28.1 Å². The van der Waals surface area contributed by atoms with E-state index >= 15 is 0 Å². The maximum absolute atomic E-state index is 14.7. The molecule has 1 aliphatic rings. The molecular formula is C30H25F3N4O4. The van der Waals surface area contributed by atoms with E-state index in [9.17, 15) is 27.9 Å². The van der Waals surface area contributed by atoms with E-state index in [0.717, 1.165) is 11.0 Å². The summed E-state index contributed by atoms with van der Waals surface area (Å²) in [6.07, 6.45) is -1.72. The number of rotatable bonds is 7. The molecule has 0 saturated carbocycles. The third-order valence-corrected chi connectivity index (χ3v) is 6.93. The molecule has 2 heterocycles. The number of anilines is 1. The van der Waals surface area contributed by atoms with Gasteiger partial charge in [0, 0.05) is 28.2 Å². The highest BCUT2D eigenvalue weighted by Crippen LogP contribution is 2.42. The number of hydrogen-bond donors (Lipinski definition) is 2. The number of halogens is 3. The molecule has 0 saturated heterocycles. The zero-order valence-corrected chi connectivity index (χ0v) is 22.1. The highest BCUT2D eigenvalue weighted by Gasteiger charge is 2.52. The average Bonchev–Trinajstić information content (AvgIpc) is 3.06. The number of amides is 1. The number of aliphatic carboxylic acids is 1. The van der Waals surface area contributed by atoms with Crippen LogP contribution in [0.2, 0.25) is 0 Å². The monoisotopic (exact) mass is 562 g/mol. The van der Waals surface area contributed by atoms with Crippen molar-refractivity contribution in [1.82, 2.24) is 15.3 Å². The fourth-order valence-electron chi connectivity index (χ4n) is 5.15. The van der Waals surface area contributed by atoms with Crippen molar-refractivity contribution >= 4 is 17.6 Å². The van der Waals surface area contributed by atoms with Crippen molar-refractivity contribution in [2.75, 3.05) is 11.4 Å². The van der Waals surface area contributed by atoms with Gasteiger partial charge in [0.15, 0.2) is 11.6 Å². The lowest BCUT2D eigenvalue weighted by molar-refractivity contribution is -0.149. The largest absolute Gasteiger partial charge is 0.478 e. The molecule has 2 N–H and O–H groups in total. The number of nitrogens with one attached hydrogen (secondary N) is 1. The van der Waals surface area contributed by atoms with Crippen molar-refractivity contribution in [2.45, 2.75) is 32.0 Å². The minimum absolute atomic E-state index is 0.158. The number of hydrogen-bond acceptors (Lipinski definition) is 6. The van der Waals surface area contributed by atoms with Crippen LogP contribution in [0.25, 0.3) is 0 Å². The van der Waals surface area contributed by atoms with Crippen LogP contribution in [-0.4, -0.2) is 39.6 Å². The lowest BCUT2D eigenvalue weighted by atomic mass is 9.77. The van der Waals surface area contributed by atoms with E-state index in [1.165, 1.54) is 6.07 Å². The maximum atomic E-state index is 14.7. The molecule has 3 aromatic carbocycles. The molecule has 11 heteroatoms. The molecule has 2 atom stereocenters. The predicted molar refractivity (Wildman–Crippen MR) is 143 cm³/mol. The number of aryl methyl sites for hydroxylation is 2. The van der Waals surface area contributed by atoms with Crippen LogP contribution in [-0.2, 0) is 21.7 Å². The van der Waals surface area contributed by atoms with Gasteiger partial charge in [-0.15, -0.1) is 0 Å². The second-order valence-electron chi connectivity index (χ2n) is 9.62. The van der Waals surface area contributed by atoms with E-state index < -0.39 is 59.6 Å². The Labute approximate surface area is 233 Å². The van der Waals surface area contributed by atoms with Crippen LogP contribution in [0, 0.1) is 31.3 Å². The van der Waals surface area contributed by atoms with Crippen LogP contribution in [0.4, 0.5) is 18.9 Å². The van der Waals surface area contributed by atoms with E-state index in [1.807, 2.05) is 0 Å². The lowest BCUT2D eigenvalue weighted by Crippen LogP contribution is -2.58. The van der Waals surface area contributed by atoms with E-state index in [4.69, 9.17) is 4.74 Å². The van der Waals surface area contributed by atoms with Crippen molar-refractivity contribution in [3.05, 3.63) is 118 Å². The number of carboxylic acid groups (broad SMARTS) is 1. The van der Waals surface area contributed by atoms with Gasteiger partial charge in [-0.25, -0.2) is 27.9 Å². The Hall–Kier alpha value is -4.77. The number of nitrogens with zero attached hydrogens (tertiary/aromatic N) is 3. The van der Waals surface area contributed by atoms with Crippen molar-refractivity contribution in [3.8, 4) is 6.01 Å². The van der Waals surface area contributed by atoms with Gasteiger partial charge in [0.2, 0.25) is 12.0 Å². The molecule has 4 aromatic rings. The minimum Gasteiger partial charge on any atom is -0.478 e. The summed E-state index contributed by atoms with van der Waals surface area (Å²) in [7, 11) is 0. The number of fused-ring (bicyclic) bond motifs is 1. The standard InChI is InChI=1S/C30H25F3N4O4/c1-17-14-18(2)36-29(35-17)41-27(28(39)40)30(19-8-4-3-5-9-19)21-10-6-7-11-24(21)37(25(38)15-34-30)16-20-22(31)12-13-23(32)26(20)33/h3-14,27,34H,15-16H2,1-2H3,(H,39,40).